The van der Waals surface area contributed by atoms with Crippen LogP contribution in [0.5, 0.6) is 11.5 Å². The van der Waals surface area contributed by atoms with Crippen molar-refractivity contribution < 1.29 is 23.9 Å². The molecule has 1 atom stereocenters. The zero-order chi connectivity index (χ0) is 20.3. The van der Waals surface area contributed by atoms with Gasteiger partial charge in [0.05, 0.1) is 26.3 Å². The van der Waals surface area contributed by atoms with Gasteiger partial charge in [0.1, 0.15) is 17.5 Å². The Labute approximate surface area is 166 Å². The van der Waals surface area contributed by atoms with E-state index in [1.807, 2.05) is 0 Å². The van der Waals surface area contributed by atoms with Crippen LogP contribution in [0.25, 0.3) is 0 Å². The summed E-state index contributed by atoms with van der Waals surface area (Å²) in [4.78, 5) is 38.3. The molecule has 1 aliphatic heterocycles. The van der Waals surface area contributed by atoms with E-state index >= 15 is 0 Å². The van der Waals surface area contributed by atoms with Crippen LogP contribution in [0.1, 0.15) is 16.8 Å². The topological polar surface area (TPSA) is 97.0 Å². The lowest BCUT2D eigenvalue weighted by molar-refractivity contribution is -0.121. The fourth-order valence-corrected chi connectivity index (χ4v) is 2.90. The van der Waals surface area contributed by atoms with Gasteiger partial charge in [-0.25, -0.2) is 10.3 Å². The first-order valence-electron chi connectivity index (χ1n) is 8.34. The van der Waals surface area contributed by atoms with Crippen molar-refractivity contribution in [3.63, 3.8) is 0 Å². The molecule has 2 N–H and O–H groups in total. The van der Waals surface area contributed by atoms with Crippen LogP contribution < -0.4 is 25.2 Å². The number of imide groups is 1. The number of hydrogen-bond acceptors (Lipinski definition) is 6. The average Bonchev–Trinajstić information content (AvgIpc) is 2.99. The molecule has 3 rings (SSSR count). The van der Waals surface area contributed by atoms with Crippen molar-refractivity contribution in [2.24, 2.45) is 0 Å². The molecule has 0 spiro atoms. The maximum atomic E-state index is 12.6. The molecule has 0 radical (unpaired) electrons. The van der Waals surface area contributed by atoms with Crippen molar-refractivity contribution in [2.75, 3.05) is 19.1 Å². The fraction of sp³-hybridized carbons (Fsp3) is 0.211. The van der Waals surface area contributed by atoms with E-state index in [2.05, 4.69) is 10.9 Å². The van der Waals surface area contributed by atoms with Crippen molar-refractivity contribution in [3.8, 4) is 11.5 Å². The monoisotopic (exact) mass is 403 g/mol. The largest absolute Gasteiger partial charge is 0.497 e. The molecule has 2 aromatic rings. The SMILES string of the molecule is COc1cc(OC)cc(C(=O)NN[C@@H]2CC(=O)N(c3ccc(Cl)cc3)C2=O)c1. The van der Waals surface area contributed by atoms with Crippen LogP contribution in [0.4, 0.5) is 5.69 Å². The van der Waals surface area contributed by atoms with Crippen LogP contribution in [0.3, 0.4) is 0 Å². The Kier molecular flexibility index (Phi) is 5.81. The lowest BCUT2D eigenvalue weighted by Crippen LogP contribution is -2.48. The van der Waals surface area contributed by atoms with Gasteiger partial charge in [-0.1, -0.05) is 11.6 Å². The highest BCUT2D eigenvalue weighted by Crippen LogP contribution is 2.25. The number of hydrogen-bond donors (Lipinski definition) is 2. The predicted molar refractivity (Wildman–Crippen MR) is 102 cm³/mol. The first-order valence-corrected chi connectivity index (χ1v) is 8.72. The summed E-state index contributed by atoms with van der Waals surface area (Å²) in [6, 6.07) is 10.2. The molecule has 9 heteroatoms. The Balaban J connectivity index is 1.68. The Morgan fingerprint density at radius 2 is 1.68 bits per heavy atom. The summed E-state index contributed by atoms with van der Waals surface area (Å²) >= 11 is 5.84. The summed E-state index contributed by atoms with van der Waals surface area (Å²) in [7, 11) is 2.95. The van der Waals surface area contributed by atoms with Gasteiger partial charge in [0.2, 0.25) is 5.91 Å². The number of ether oxygens (including phenoxy) is 2. The summed E-state index contributed by atoms with van der Waals surface area (Å²) in [6.45, 7) is 0. The van der Waals surface area contributed by atoms with E-state index in [-0.39, 0.29) is 17.9 Å². The van der Waals surface area contributed by atoms with Gasteiger partial charge in [-0.15, -0.1) is 0 Å². The van der Waals surface area contributed by atoms with E-state index in [0.29, 0.717) is 22.2 Å². The number of amides is 3. The first-order chi connectivity index (χ1) is 13.4. The fourth-order valence-electron chi connectivity index (χ4n) is 2.77. The number of benzene rings is 2. The molecule has 0 aliphatic carbocycles. The van der Waals surface area contributed by atoms with Crippen molar-refractivity contribution in [3.05, 3.63) is 53.1 Å². The summed E-state index contributed by atoms with van der Waals surface area (Å²) in [6.07, 6.45) is -0.0802. The number of nitrogens with zero attached hydrogens (tertiary/aromatic N) is 1. The normalized spacial score (nSPS) is 16.2. The highest BCUT2D eigenvalue weighted by atomic mass is 35.5. The van der Waals surface area contributed by atoms with Crippen molar-refractivity contribution >= 4 is 35.0 Å². The molecule has 8 nitrogen and oxygen atoms in total. The number of nitrogens with one attached hydrogen (secondary N) is 2. The third-order valence-electron chi connectivity index (χ3n) is 4.21. The van der Waals surface area contributed by atoms with Gasteiger partial charge in [0.15, 0.2) is 0 Å². The van der Waals surface area contributed by atoms with Crippen LogP contribution in [0, 0.1) is 0 Å². The molecule has 2 aromatic carbocycles. The number of methoxy groups -OCH3 is 2. The number of hydrazine groups is 1. The van der Waals surface area contributed by atoms with Gasteiger partial charge in [-0.05, 0) is 36.4 Å². The second-order valence-electron chi connectivity index (χ2n) is 6.00. The Morgan fingerprint density at radius 1 is 1.07 bits per heavy atom. The van der Waals surface area contributed by atoms with Crippen LogP contribution in [-0.2, 0) is 9.59 Å². The van der Waals surface area contributed by atoms with E-state index in [1.54, 1.807) is 30.3 Å². The predicted octanol–water partition coefficient (Wildman–Crippen LogP) is 1.92. The standard InChI is InChI=1S/C19H18ClN3O5/c1-27-14-7-11(8-15(9-14)28-2)18(25)22-21-16-10-17(24)23(19(16)26)13-5-3-12(20)4-6-13/h3-9,16,21H,10H2,1-2H3,(H,22,25)/t16-/m1/s1. The Hall–Kier alpha value is -3.10. The number of carbonyl (C=O) groups is 3. The molecule has 28 heavy (non-hydrogen) atoms. The molecule has 1 fully saturated rings. The minimum absolute atomic E-state index is 0.0802. The van der Waals surface area contributed by atoms with E-state index in [4.69, 9.17) is 21.1 Å². The van der Waals surface area contributed by atoms with Gasteiger partial charge in [-0.2, -0.15) is 0 Å². The molecule has 0 saturated carbocycles. The van der Waals surface area contributed by atoms with Crippen molar-refractivity contribution in [1.82, 2.24) is 10.9 Å². The molecule has 1 aliphatic rings. The molecule has 0 bridgehead atoms. The molecule has 1 heterocycles. The number of rotatable bonds is 6. The van der Waals surface area contributed by atoms with Crippen molar-refractivity contribution in [2.45, 2.75) is 12.5 Å². The van der Waals surface area contributed by atoms with Crippen LogP contribution >= 0.6 is 11.6 Å². The van der Waals surface area contributed by atoms with Crippen molar-refractivity contribution in [1.29, 1.82) is 0 Å². The Bertz CT molecular complexity index is 894. The van der Waals surface area contributed by atoms with E-state index < -0.39 is 17.9 Å². The highest BCUT2D eigenvalue weighted by molar-refractivity contribution is 6.30. The van der Waals surface area contributed by atoms with Gasteiger partial charge >= 0.3 is 0 Å². The summed E-state index contributed by atoms with van der Waals surface area (Å²) < 4.78 is 10.3. The molecule has 3 amide bonds. The van der Waals surface area contributed by atoms with Crippen LogP contribution in [0.15, 0.2) is 42.5 Å². The first kappa shape index (κ1) is 19.7. The summed E-state index contributed by atoms with van der Waals surface area (Å²) in [5, 5.41) is 0.499. The quantitative estimate of drug-likeness (QED) is 0.565. The molecular weight excluding hydrogens is 386 g/mol. The zero-order valence-corrected chi connectivity index (χ0v) is 15.9. The smallest absolute Gasteiger partial charge is 0.265 e. The second kappa shape index (κ2) is 8.28. The molecular formula is C19H18ClN3O5. The molecule has 1 saturated heterocycles. The van der Waals surface area contributed by atoms with E-state index in [9.17, 15) is 14.4 Å². The lowest BCUT2D eigenvalue weighted by Gasteiger charge is -2.16. The molecule has 0 aromatic heterocycles. The summed E-state index contributed by atoms with van der Waals surface area (Å²) in [5.41, 5.74) is 5.78. The molecule has 146 valence electrons. The van der Waals surface area contributed by atoms with E-state index in [1.165, 1.54) is 26.4 Å². The van der Waals surface area contributed by atoms with Crippen LogP contribution in [-0.4, -0.2) is 38.0 Å². The highest BCUT2D eigenvalue weighted by Gasteiger charge is 2.39. The second-order valence-corrected chi connectivity index (χ2v) is 6.44. The molecule has 0 unspecified atom stereocenters. The van der Waals surface area contributed by atoms with Crippen LogP contribution in [0.2, 0.25) is 5.02 Å². The van der Waals surface area contributed by atoms with Gasteiger partial charge in [-0.3, -0.25) is 19.8 Å². The van der Waals surface area contributed by atoms with Gasteiger partial charge in [0.25, 0.3) is 11.8 Å². The average molecular weight is 404 g/mol. The summed E-state index contributed by atoms with van der Waals surface area (Å²) in [5.74, 6) is -0.434. The minimum atomic E-state index is -0.875. The minimum Gasteiger partial charge on any atom is -0.497 e. The van der Waals surface area contributed by atoms with Gasteiger partial charge in [0, 0.05) is 16.7 Å². The lowest BCUT2D eigenvalue weighted by atomic mass is 10.2. The zero-order valence-electron chi connectivity index (χ0n) is 15.2. The van der Waals surface area contributed by atoms with Gasteiger partial charge < -0.3 is 9.47 Å². The maximum Gasteiger partial charge on any atom is 0.265 e. The number of halogens is 1. The third-order valence-corrected chi connectivity index (χ3v) is 4.46. The number of carbonyl (C=O) groups excluding carboxylic acids is 3. The maximum absolute atomic E-state index is 12.6. The number of anilines is 1. The third kappa shape index (κ3) is 4.08. The van der Waals surface area contributed by atoms with E-state index in [0.717, 1.165) is 4.90 Å². The Morgan fingerprint density at radius 3 is 2.25 bits per heavy atom.